The maximum absolute atomic E-state index is 13.2. The van der Waals surface area contributed by atoms with Crippen LogP contribution < -0.4 is 4.90 Å². The highest BCUT2D eigenvalue weighted by Crippen LogP contribution is 2.38. The number of hydrogen-bond donors (Lipinski definition) is 1. The molecule has 0 amide bonds. The first-order chi connectivity index (χ1) is 11.8. The zero-order valence-corrected chi connectivity index (χ0v) is 14.0. The highest BCUT2D eigenvalue weighted by atomic mass is 32.1. The molecular weight excluding hydrogens is 325 g/mol. The lowest BCUT2D eigenvalue weighted by atomic mass is 9.97. The number of fused-ring (bicyclic) bond motifs is 1. The van der Waals surface area contributed by atoms with Crippen molar-refractivity contribution >= 4 is 27.4 Å². The topological polar surface area (TPSA) is 49.2 Å². The highest BCUT2D eigenvalue weighted by molar-refractivity contribution is 7.17. The fraction of sp³-hybridized carbons (Fsp3) is 0.333. The van der Waals surface area contributed by atoms with E-state index >= 15 is 0 Å². The average Bonchev–Trinajstić information content (AvgIpc) is 3.07. The van der Waals surface area contributed by atoms with E-state index in [0.29, 0.717) is 5.92 Å². The molecule has 1 saturated heterocycles. The van der Waals surface area contributed by atoms with Crippen LogP contribution in [0, 0.1) is 11.7 Å². The van der Waals surface area contributed by atoms with Gasteiger partial charge in [-0.25, -0.2) is 14.4 Å². The molecule has 0 radical (unpaired) electrons. The van der Waals surface area contributed by atoms with Crippen molar-refractivity contribution in [1.82, 2.24) is 9.97 Å². The van der Waals surface area contributed by atoms with E-state index < -0.39 is 0 Å². The van der Waals surface area contributed by atoms with Crippen LogP contribution in [0.3, 0.4) is 0 Å². The minimum atomic E-state index is -0.235. The van der Waals surface area contributed by atoms with Gasteiger partial charge in [0, 0.05) is 30.6 Å². The molecule has 0 bridgehead atoms. The van der Waals surface area contributed by atoms with Crippen molar-refractivity contribution in [1.29, 1.82) is 0 Å². The van der Waals surface area contributed by atoms with Gasteiger partial charge in [0.15, 0.2) is 0 Å². The Kier molecular flexibility index (Phi) is 4.16. The zero-order chi connectivity index (χ0) is 16.5. The minimum absolute atomic E-state index is 0.235. The van der Waals surface area contributed by atoms with Crippen LogP contribution in [0.2, 0.25) is 0 Å². The summed E-state index contributed by atoms with van der Waals surface area (Å²) in [5, 5.41) is 12.4. The molecular formula is C18H18FN3OS. The van der Waals surface area contributed by atoms with Gasteiger partial charge in [0.25, 0.3) is 0 Å². The van der Waals surface area contributed by atoms with Gasteiger partial charge in [-0.1, -0.05) is 12.1 Å². The monoisotopic (exact) mass is 343 g/mol. The number of halogens is 1. The van der Waals surface area contributed by atoms with E-state index in [4.69, 9.17) is 0 Å². The molecule has 2 aromatic heterocycles. The summed E-state index contributed by atoms with van der Waals surface area (Å²) >= 11 is 1.58. The Morgan fingerprint density at radius 3 is 2.62 bits per heavy atom. The van der Waals surface area contributed by atoms with Crippen molar-refractivity contribution in [3.63, 3.8) is 0 Å². The molecule has 3 heterocycles. The molecule has 0 atom stereocenters. The van der Waals surface area contributed by atoms with Crippen molar-refractivity contribution in [3.8, 4) is 11.1 Å². The van der Waals surface area contributed by atoms with Crippen molar-refractivity contribution in [2.45, 2.75) is 12.8 Å². The molecule has 1 N–H and O–H groups in total. The van der Waals surface area contributed by atoms with Gasteiger partial charge < -0.3 is 10.0 Å². The van der Waals surface area contributed by atoms with E-state index in [1.54, 1.807) is 29.8 Å². The molecule has 0 saturated carbocycles. The highest BCUT2D eigenvalue weighted by Gasteiger charge is 2.23. The Bertz CT molecular complexity index is 841. The van der Waals surface area contributed by atoms with E-state index in [-0.39, 0.29) is 12.4 Å². The first kappa shape index (κ1) is 15.5. The van der Waals surface area contributed by atoms with Crippen molar-refractivity contribution in [2.75, 3.05) is 24.6 Å². The maximum atomic E-state index is 13.2. The molecule has 1 aliphatic heterocycles. The Morgan fingerprint density at radius 1 is 1.17 bits per heavy atom. The second-order valence-electron chi connectivity index (χ2n) is 6.15. The van der Waals surface area contributed by atoms with Gasteiger partial charge in [0.1, 0.15) is 22.8 Å². The van der Waals surface area contributed by atoms with Gasteiger partial charge in [0.05, 0.1) is 5.39 Å². The standard InChI is InChI=1S/C18H18FN3OS/c19-14-3-1-13(2-4-14)15-10-24-18-16(15)17(20-11-21-18)22-7-5-12(9-23)6-8-22/h1-4,10-12,23H,5-9H2. The molecule has 1 fully saturated rings. The number of nitrogens with zero attached hydrogens (tertiary/aromatic N) is 3. The van der Waals surface area contributed by atoms with Crippen LogP contribution in [0.5, 0.6) is 0 Å². The summed E-state index contributed by atoms with van der Waals surface area (Å²) in [4.78, 5) is 12.2. The third-order valence-corrected chi connectivity index (χ3v) is 5.56. The Labute approximate surface area is 143 Å². The molecule has 4 rings (SSSR count). The number of thiophene rings is 1. The number of piperidine rings is 1. The summed E-state index contributed by atoms with van der Waals surface area (Å²) in [6.07, 6.45) is 3.55. The van der Waals surface area contributed by atoms with Crippen LogP contribution in [-0.2, 0) is 0 Å². The number of aliphatic hydroxyl groups excluding tert-OH is 1. The number of rotatable bonds is 3. The summed E-state index contributed by atoms with van der Waals surface area (Å²) in [6, 6.07) is 6.56. The van der Waals surface area contributed by atoms with Gasteiger partial charge in [-0.05, 0) is 36.5 Å². The quantitative estimate of drug-likeness (QED) is 0.788. The van der Waals surface area contributed by atoms with Crippen LogP contribution in [0.15, 0.2) is 36.0 Å². The van der Waals surface area contributed by atoms with Gasteiger partial charge in [0.2, 0.25) is 0 Å². The molecule has 6 heteroatoms. The first-order valence-corrected chi connectivity index (χ1v) is 8.98. The summed E-state index contributed by atoms with van der Waals surface area (Å²) in [5.74, 6) is 1.09. The van der Waals surface area contributed by atoms with E-state index in [1.165, 1.54) is 12.1 Å². The number of aliphatic hydroxyl groups is 1. The number of anilines is 1. The second kappa shape index (κ2) is 6.45. The van der Waals surface area contributed by atoms with Crippen molar-refractivity contribution in [2.24, 2.45) is 5.92 Å². The normalized spacial score (nSPS) is 16.0. The third-order valence-electron chi connectivity index (χ3n) is 4.68. The fourth-order valence-electron chi connectivity index (χ4n) is 3.27. The number of benzene rings is 1. The summed E-state index contributed by atoms with van der Waals surface area (Å²) in [7, 11) is 0. The number of hydrogen-bond acceptors (Lipinski definition) is 5. The Balaban J connectivity index is 1.76. The maximum Gasteiger partial charge on any atom is 0.141 e. The molecule has 124 valence electrons. The van der Waals surface area contributed by atoms with Crippen molar-refractivity contribution < 1.29 is 9.50 Å². The lowest BCUT2D eigenvalue weighted by molar-refractivity contribution is 0.203. The molecule has 4 nitrogen and oxygen atoms in total. The summed E-state index contributed by atoms with van der Waals surface area (Å²) < 4.78 is 13.2. The van der Waals surface area contributed by atoms with Crippen molar-refractivity contribution in [3.05, 3.63) is 41.8 Å². The molecule has 24 heavy (non-hydrogen) atoms. The lowest BCUT2D eigenvalue weighted by Crippen LogP contribution is -2.35. The van der Waals surface area contributed by atoms with E-state index in [9.17, 15) is 9.50 Å². The largest absolute Gasteiger partial charge is 0.396 e. The van der Waals surface area contributed by atoms with Gasteiger partial charge in [-0.15, -0.1) is 11.3 Å². The van der Waals surface area contributed by atoms with E-state index in [1.807, 2.05) is 0 Å². The van der Waals surface area contributed by atoms with E-state index in [0.717, 1.165) is 53.1 Å². The third kappa shape index (κ3) is 2.76. The first-order valence-electron chi connectivity index (χ1n) is 8.10. The SMILES string of the molecule is OCC1CCN(c2ncnc3scc(-c4ccc(F)cc4)c23)CC1. The smallest absolute Gasteiger partial charge is 0.141 e. The predicted molar refractivity (Wildman–Crippen MR) is 94.8 cm³/mol. The van der Waals surface area contributed by atoms with Gasteiger partial charge in [-0.2, -0.15) is 0 Å². The van der Waals surface area contributed by atoms with Gasteiger partial charge >= 0.3 is 0 Å². The molecule has 1 aromatic carbocycles. The fourth-order valence-corrected chi connectivity index (χ4v) is 4.18. The van der Waals surface area contributed by atoms with Gasteiger partial charge in [-0.3, -0.25) is 0 Å². The Hall–Kier alpha value is -2.05. The summed E-state index contributed by atoms with van der Waals surface area (Å²) in [5.41, 5.74) is 2.03. The lowest BCUT2D eigenvalue weighted by Gasteiger charge is -2.32. The van der Waals surface area contributed by atoms with Crippen LogP contribution in [-0.4, -0.2) is 34.8 Å². The van der Waals surface area contributed by atoms with Crippen LogP contribution in [0.1, 0.15) is 12.8 Å². The second-order valence-corrected chi connectivity index (χ2v) is 7.00. The van der Waals surface area contributed by atoms with Crippen LogP contribution in [0.25, 0.3) is 21.3 Å². The molecule has 1 aliphatic rings. The number of aromatic nitrogens is 2. The van der Waals surface area contributed by atoms with Crippen LogP contribution in [0.4, 0.5) is 10.2 Å². The molecule has 3 aromatic rings. The molecule has 0 unspecified atom stereocenters. The molecule has 0 spiro atoms. The Morgan fingerprint density at radius 2 is 1.92 bits per heavy atom. The zero-order valence-electron chi connectivity index (χ0n) is 13.2. The van der Waals surface area contributed by atoms with Crippen LogP contribution >= 0.6 is 11.3 Å². The summed E-state index contributed by atoms with van der Waals surface area (Å²) in [6.45, 7) is 2.03. The molecule has 0 aliphatic carbocycles. The van der Waals surface area contributed by atoms with E-state index in [2.05, 4.69) is 20.2 Å². The minimum Gasteiger partial charge on any atom is -0.396 e. The average molecular weight is 343 g/mol. The predicted octanol–water partition coefficient (Wildman–Crippen LogP) is 3.71.